The summed E-state index contributed by atoms with van der Waals surface area (Å²) in [5.41, 5.74) is 0. The predicted molar refractivity (Wildman–Crippen MR) is 127 cm³/mol. The van der Waals surface area contributed by atoms with Crippen molar-refractivity contribution in [2.24, 2.45) is 10.9 Å². The van der Waals surface area contributed by atoms with E-state index in [2.05, 4.69) is 34.8 Å². The lowest BCUT2D eigenvalue weighted by Crippen LogP contribution is -2.47. The Morgan fingerprint density at radius 1 is 1.32 bits per heavy atom. The van der Waals surface area contributed by atoms with Gasteiger partial charge in [0.2, 0.25) is 0 Å². The average Bonchev–Trinajstić information content (AvgIpc) is 3.03. The summed E-state index contributed by atoms with van der Waals surface area (Å²) >= 11 is 7.25. The molecule has 162 valence electrons. The lowest BCUT2D eigenvalue weighted by molar-refractivity contribution is 0.146. The van der Waals surface area contributed by atoms with Crippen LogP contribution in [0.25, 0.3) is 0 Å². The molecule has 0 saturated carbocycles. The van der Waals surface area contributed by atoms with Crippen LogP contribution in [0.4, 0.5) is 4.79 Å². The Morgan fingerprint density at radius 2 is 2.04 bits per heavy atom. The summed E-state index contributed by atoms with van der Waals surface area (Å²) in [4.78, 5) is 16.9. The monoisotopic (exact) mass is 546 g/mol. The summed E-state index contributed by atoms with van der Waals surface area (Å²) < 4.78 is 5.61. The minimum atomic E-state index is -0.706. The van der Waals surface area contributed by atoms with Gasteiger partial charge in [-0.2, -0.15) is 0 Å². The van der Waals surface area contributed by atoms with E-state index in [1.807, 2.05) is 6.92 Å². The molecule has 2 atom stereocenters. The van der Waals surface area contributed by atoms with Crippen LogP contribution in [-0.2, 0) is 4.74 Å². The molecule has 0 aromatic carbocycles. The number of carbonyl (C=O) groups excluding carboxylic acids is 1. The highest BCUT2D eigenvalue weighted by Gasteiger charge is 2.16. The van der Waals surface area contributed by atoms with Gasteiger partial charge < -0.3 is 25.8 Å². The fraction of sp³-hybridized carbons (Fsp3) is 0.667. The third-order valence-electron chi connectivity index (χ3n) is 3.56. The van der Waals surface area contributed by atoms with E-state index in [0.717, 1.165) is 11.3 Å². The van der Waals surface area contributed by atoms with Crippen LogP contribution in [0.15, 0.2) is 17.1 Å². The molecule has 1 rings (SSSR count). The number of aliphatic imine (C=N–C) groups is 1. The van der Waals surface area contributed by atoms with Crippen LogP contribution in [0.5, 0.6) is 0 Å². The molecule has 1 heterocycles. The maximum atomic E-state index is 11.7. The van der Waals surface area contributed by atoms with Crippen molar-refractivity contribution in [2.75, 3.05) is 26.2 Å². The van der Waals surface area contributed by atoms with Crippen LogP contribution in [0.1, 0.15) is 45.1 Å². The lowest BCUT2D eigenvalue weighted by Gasteiger charge is -2.22. The second kappa shape index (κ2) is 15.1. The Kier molecular flexibility index (Phi) is 14.7. The maximum absolute atomic E-state index is 11.7. The molecule has 4 N–H and O–H groups in total. The SMILES string of the molecule is CCNC(=NCC(O)c1ccc(Cl)s1)NCC(CC(C)C)NC(=O)OCC.I. The van der Waals surface area contributed by atoms with E-state index >= 15 is 0 Å². The van der Waals surface area contributed by atoms with E-state index in [1.165, 1.54) is 11.3 Å². The van der Waals surface area contributed by atoms with Crippen LogP contribution in [0.2, 0.25) is 4.34 Å². The third-order valence-corrected chi connectivity index (χ3v) is 4.89. The molecule has 1 amide bonds. The molecule has 0 bridgehead atoms. The molecule has 7 nitrogen and oxygen atoms in total. The standard InChI is InChI=1S/C18H31ClN4O3S.HI/c1-5-20-17(22-11-14(24)15-7-8-16(19)27-15)21-10-13(9-12(3)4)23-18(25)26-6-2;/h7-8,12-14,24H,5-6,9-11H2,1-4H3,(H,23,25)(H2,20,21,22);1H. The minimum Gasteiger partial charge on any atom is -0.450 e. The Morgan fingerprint density at radius 3 is 2.57 bits per heavy atom. The first kappa shape index (κ1) is 27.2. The first-order valence-corrected chi connectivity index (χ1v) is 10.4. The number of nitrogens with zero attached hydrogens (tertiary/aromatic N) is 1. The van der Waals surface area contributed by atoms with Gasteiger partial charge in [0.15, 0.2) is 5.96 Å². The van der Waals surface area contributed by atoms with Crippen LogP contribution in [0.3, 0.4) is 0 Å². The summed E-state index contributed by atoms with van der Waals surface area (Å²) in [6.45, 7) is 9.68. The largest absolute Gasteiger partial charge is 0.450 e. The molecule has 0 saturated heterocycles. The summed E-state index contributed by atoms with van der Waals surface area (Å²) in [6.07, 6.45) is -0.319. The van der Waals surface area contributed by atoms with Crippen molar-refractivity contribution in [1.29, 1.82) is 0 Å². The smallest absolute Gasteiger partial charge is 0.407 e. The summed E-state index contributed by atoms with van der Waals surface area (Å²) in [5.74, 6) is 1.00. The van der Waals surface area contributed by atoms with Gasteiger partial charge in [0.1, 0.15) is 6.10 Å². The molecule has 0 spiro atoms. The van der Waals surface area contributed by atoms with Gasteiger partial charge in [-0.3, -0.25) is 4.99 Å². The van der Waals surface area contributed by atoms with Gasteiger partial charge >= 0.3 is 6.09 Å². The van der Waals surface area contributed by atoms with Gasteiger partial charge in [0.25, 0.3) is 0 Å². The molecule has 10 heteroatoms. The van der Waals surface area contributed by atoms with Crippen molar-refractivity contribution in [3.05, 3.63) is 21.3 Å². The highest BCUT2D eigenvalue weighted by molar-refractivity contribution is 14.0. The topological polar surface area (TPSA) is 95.0 Å². The average molecular weight is 547 g/mol. The molecule has 1 aromatic heterocycles. The zero-order chi connectivity index (χ0) is 20.2. The van der Waals surface area contributed by atoms with Gasteiger partial charge in [-0.15, -0.1) is 35.3 Å². The minimum absolute atomic E-state index is 0. The Hall–Kier alpha value is -0.780. The van der Waals surface area contributed by atoms with Crippen molar-refractivity contribution in [3.63, 3.8) is 0 Å². The van der Waals surface area contributed by atoms with Crippen LogP contribution in [-0.4, -0.2) is 49.4 Å². The van der Waals surface area contributed by atoms with E-state index in [4.69, 9.17) is 16.3 Å². The molecule has 0 aliphatic carbocycles. The zero-order valence-corrected chi connectivity index (χ0v) is 20.7. The molecule has 2 unspecified atom stereocenters. The fourth-order valence-electron chi connectivity index (χ4n) is 2.44. The number of hydrogen-bond acceptors (Lipinski definition) is 5. The molecular formula is C18H32ClIN4O3S. The molecule has 0 aliphatic rings. The lowest BCUT2D eigenvalue weighted by atomic mass is 10.0. The van der Waals surface area contributed by atoms with Crippen molar-refractivity contribution >= 4 is 59.0 Å². The van der Waals surface area contributed by atoms with Gasteiger partial charge in [0.05, 0.1) is 17.5 Å². The molecular weight excluding hydrogens is 515 g/mol. The molecule has 0 fully saturated rings. The summed E-state index contributed by atoms with van der Waals surface area (Å²) in [7, 11) is 0. The van der Waals surface area contributed by atoms with Crippen molar-refractivity contribution in [3.8, 4) is 0 Å². The predicted octanol–water partition coefficient (Wildman–Crippen LogP) is 3.77. The summed E-state index contributed by atoms with van der Waals surface area (Å²) in [5, 5.41) is 19.5. The van der Waals surface area contributed by atoms with Crippen LogP contribution >= 0.6 is 46.9 Å². The number of amides is 1. The van der Waals surface area contributed by atoms with E-state index in [1.54, 1.807) is 19.1 Å². The number of halogens is 2. The van der Waals surface area contributed by atoms with E-state index in [9.17, 15) is 9.90 Å². The normalized spacial score (nSPS) is 13.5. The number of nitrogens with one attached hydrogen (secondary N) is 3. The van der Waals surface area contributed by atoms with Crippen LogP contribution in [0, 0.1) is 5.92 Å². The number of aliphatic hydroxyl groups is 1. The Bertz CT molecular complexity index is 601. The van der Waals surface area contributed by atoms with E-state index in [-0.39, 0.29) is 36.6 Å². The maximum Gasteiger partial charge on any atom is 0.407 e. The van der Waals surface area contributed by atoms with Gasteiger partial charge in [-0.05, 0) is 38.3 Å². The number of thiophene rings is 1. The van der Waals surface area contributed by atoms with Gasteiger partial charge in [-0.25, -0.2) is 4.79 Å². The highest BCUT2D eigenvalue weighted by Crippen LogP contribution is 2.26. The quantitative estimate of drug-likeness (QED) is 0.204. The van der Waals surface area contributed by atoms with Gasteiger partial charge in [0, 0.05) is 24.0 Å². The van der Waals surface area contributed by atoms with E-state index in [0.29, 0.717) is 35.9 Å². The van der Waals surface area contributed by atoms with Crippen molar-refractivity contribution in [1.82, 2.24) is 16.0 Å². The number of rotatable bonds is 10. The third kappa shape index (κ3) is 11.3. The Balaban J connectivity index is 0.00000729. The van der Waals surface area contributed by atoms with E-state index < -0.39 is 12.2 Å². The van der Waals surface area contributed by atoms with Gasteiger partial charge in [-0.1, -0.05) is 25.4 Å². The highest BCUT2D eigenvalue weighted by atomic mass is 127. The molecule has 0 aliphatic heterocycles. The second-order valence-corrected chi connectivity index (χ2v) is 8.20. The summed E-state index contributed by atoms with van der Waals surface area (Å²) in [6, 6.07) is 3.47. The molecule has 1 aromatic rings. The Labute approximate surface area is 193 Å². The number of hydrogen-bond donors (Lipinski definition) is 4. The van der Waals surface area contributed by atoms with Crippen molar-refractivity contribution in [2.45, 2.75) is 46.3 Å². The fourth-order valence-corrected chi connectivity index (χ4v) is 3.48. The first-order valence-electron chi connectivity index (χ1n) is 9.24. The second-order valence-electron chi connectivity index (χ2n) is 6.45. The number of alkyl carbamates (subject to hydrolysis) is 1. The first-order chi connectivity index (χ1) is 12.8. The number of ether oxygens (including phenoxy) is 1. The molecule has 0 radical (unpaired) electrons. The zero-order valence-electron chi connectivity index (χ0n) is 16.8. The van der Waals surface area contributed by atoms with Crippen LogP contribution < -0.4 is 16.0 Å². The molecule has 28 heavy (non-hydrogen) atoms. The number of guanidine groups is 1. The van der Waals surface area contributed by atoms with Crippen molar-refractivity contribution < 1.29 is 14.6 Å². The number of carbonyl (C=O) groups is 1. The number of aliphatic hydroxyl groups excluding tert-OH is 1.